The second-order valence-corrected chi connectivity index (χ2v) is 8.87. The number of carbonyl (C=O) groups is 2. The van der Waals surface area contributed by atoms with E-state index >= 15 is 0 Å². The lowest BCUT2D eigenvalue weighted by Gasteiger charge is -2.35. The normalized spacial score (nSPS) is 33.1. The maximum atomic E-state index is 12.9. The molecule has 0 N–H and O–H groups in total. The second-order valence-electron chi connectivity index (χ2n) is 6.35. The molecule has 6 nitrogen and oxygen atoms in total. The van der Waals surface area contributed by atoms with Gasteiger partial charge in [0.15, 0.2) is 0 Å². The summed E-state index contributed by atoms with van der Waals surface area (Å²) in [6, 6.07) is 0. The van der Waals surface area contributed by atoms with Crippen LogP contribution in [0.5, 0.6) is 0 Å². The van der Waals surface area contributed by atoms with E-state index in [-0.39, 0.29) is 12.5 Å². The molecule has 24 heavy (non-hydrogen) atoms. The molecule has 4 atom stereocenters. The van der Waals surface area contributed by atoms with Gasteiger partial charge >= 0.3 is 5.97 Å². The monoisotopic (exact) mass is 396 g/mol. The van der Waals surface area contributed by atoms with Crippen molar-refractivity contribution in [2.75, 3.05) is 39.8 Å². The Labute approximate surface area is 155 Å². The van der Waals surface area contributed by atoms with Crippen molar-refractivity contribution in [3.8, 4) is 0 Å². The molecule has 3 aliphatic heterocycles. The Kier molecular flexibility index (Phi) is 5.33. The maximum absolute atomic E-state index is 12.9. The van der Waals surface area contributed by atoms with Crippen molar-refractivity contribution >= 4 is 46.7 Å². The van der Waals surface area contributed by atoms with Gasteiger partial charge in [-0.2, -0.15) is 0 Å². The quantitative estimate of drug-likeness (QED) is 0.407. The molecule has 3 heterocycles. The molecule has 2 unspecified atom stereocenters. The Morgan fingerprint density at radius 2 is 1.71 bits per heavy atom. The van der Waals surface area contributed by atoms with Crippen LogP contribution < -0.4 is 0 Å². The SMILES string of the molecule is CN1CCN(C(=O)C2C(C(=O)OCC(Cl)(Cl)Cl)[C@H]3C=C[C@@H]2O3)CC1. The molecule has 3 aliphatic rings. The zero-order valence-electron chi connectivity index (χ0n) is 13.2. The lowest BCUT2D eigenvalue weighted by atomic mass is 9.82. The van der Waals surface area contributed by atoms with Gasteiger partial charge in [-0.05, 0) is 7.05 Å². The van der Waals surface area contributed by atoms with E-state index in [4.69, 9.17) is 44.3 Å². The van der Waals surface area contributed by atoms with Gasteiger partial charge in [0.05, 0.1) is 18.1 Å². The number of fused-ring (bicyclic) bond motifs is 2. The van der Waals surface area contributed by atoms with Gasteiger partial charge in [-0.1, -0.05) is 47.0 Å². The molecule has 0 radical (unpaired) electrons. The summed E-state index contributed by atoms with van der Waals surface area (Å²) in [7, 11) is 2.02. The van der Waals surface area contributed by atoms with Crippen LogP contribution in [0.3, 0.4) is 0 Å². The Hall–Kier alpha value is -0.530. The van der Waals surface area contributed by atoms with Crippen molar-refractivity contribution in [2.45, 2.75) is 16.0 Å². The molecular formula is C15H19Cl3N2O4. The number of amides is 1. The van der Waals surface area contributed by atoms with Gasteiger partial charge in [-0.3, -0.25) is 9.59 Å². The third kappa shape index (κ3) is 3.83. The van der Waals surface area contributed by atoms with Gasteiger partial charge < -0.3 is 19.3 Å². The van der Waals surface area contributed by atoms with Crippen molar-refractivity contribution in [2.24, 2.45) is 11.8 Å². The van der Waals surface area contributed by atoms with E-state index < -0.39 is 33.8 Å². The first kappa shape index (κ1) is 18.3. The predicted molar refractivity (Wildman–Crippen MR) is 90.1 cm³/mol. The van der Waals surface area contributed by atoms with Crippen LogP contribution in [0.1, 0.15) is 0 Å². The molecule has 1 amide bonds. The number of rotatable bonds is 3. The number of alkyl halides is 3. The highest BCUT2D eigenvalue weighted by molar-refractivity contribution is 6.67. The molecule has 0 aliphatic carbocycles. The Morgan fingerprint density at radius 1 is 1.12 bits per heavy atom. The first-order valence-corrected chi connectivity index (χ1v) is 8.94. The largest absolute Gasteiger partial charge is 0.461 e. The van der Waals surface area contributed by atoms with Crippen molar-refractivity contribution in [3.05, 3.63) is 12.2 Å². The minimum atomic E-state index is -1.68. The third-order valence-electron chi connectivity index (χ3n) is 4.65. The molecule has 0 saturated carbocycles. The summed E-state index contributed by atoms with van der Waals surface area (Å²) < 4.78 is 9.14. The van der Waals surface area contributed by atoms with E-state index in [0.717, 1.165) is 13.1 Å². The number of nitrogens with zero attached hydrogens (tertiary/aromatic N) is 2. The Balaban J connectivity index is 1.69. The van der Waals surface area contributed by atoms with E-state index in [1.54, 1.807) is 11.0 Å². The fourth-order valence-corrected chi connectivity index (χ4v) is 3.53. The number of esters is 1. The van der Waals surface area contributed by atoms with Crippen LogP contribution in [0.25, 0.3) is 0 Å². The van der Waals surface area contributed by atoms with E-state index in [0.29, 0.717) is 13.1 Å². The second kappa shape index (κ2) is 7.00. The van der Waals surface area contributed by atoms with Gasteiger partial charge in [0.1, 0.15) is 12.5 Å². The standard InChI is InChI=1S/C15H19Cl3N2O4/c1-19-4-6-20(7-5-19)13(21)11-9-2-3-10(24-9)12(11)14(22)23-8-15(16,17)18/h2-3,9-12H,4-8H2,1H3/t9-,10+,11?,12?/m0/s1. The number of carbonyl (C=O) groups excluding carboxylic acids is 2. The minimum absolute atomic E-state index is 0.0733. The van der Waals surface area contributed by atoms with Crippen molar-refractivity contribution < 1.29 is 19.1 Å². The highest BCUT2D eigenvalue weighted by Crippen LogP contribution is 2.41. The van der Waals surface area contributed by atoms with Crippen LogP contribution in [0.15, 0.2) is 12.2 Å². The molecule has 2 fully saturated rings. The van der Waals surface area contributed by atoms with E-state index in [1.165, 1.54) is 0 Å². The molecule has 0 aromatic rings. The summed E-state index contributed by atoms with van der Waals surface area (Å²) in [6.07, 6.45) is 2.77. The summed E-state index contributed by atoms with van der Waals surface area (Å²) in [4.78, 5) is 29.3. The topological polar surface area (TPSA) is 59.1 Å². The molecule has 2 bridgehead atoms. The summed E-state index contributed by atoms with van der Waals surface area (Å²) in [5.41, 5.74) is 0. The average molecular weight is 398 g/mol. The lowest BCUT2D eigenvalue weighted by molar-refractivity contribution is -0.155. The van der Waals surface area contributed by atoms with Crippen molar-refractivity contribution in [3.63, 3.8) is 0 Å². The summed E-state index contributed by atoms with van der Waals surface area (Å²) in [6.45, 7) is 2.55. The number of halogens is 3. The molecular weight excluding hydrogens is 379 g/mol. The van der Waals surface area contributed by atoms with Gasteiger partial charge in [0.25, 0.3) is 0 Å². The average Bonchev–Trinajstić information content (AvgIpc) is 3.13. The van der Waals surface area contributed by atoms with Crippen LogP contribution >= 0.6 is 34.8 Å². The fourth-order valence-electron chi connectivity index (χ4n) is 3.37. The summed E-state index contributed by atoms with van der Waals surface area (Å²) >= 11 is 16.9. The number of likely N-dealkylation sites (N-methyl/N-ethyl adjacent to an activating group) is 1. The fraction of sp³-hybridized carbons (Fsp3) is 0.733. The Bertz CT molecular complexity index is 543. The highest BCUT2D eigenvalue weighted by atomic mass is 35.6. The zero-order valence-corrected chi connectivity index (χ0v) is 15.4. The predicted octanol–water partition coefficient (Wildman–Crippen LogP) is 1.24. The van der Waals surface area contributed by atoms with Crippen LogP contribution in [-0.4, -0.2) is 77.5 Å². The third-order valence-corrected chi connectivity index (χ3v) is 4.98. The molecule has 0 spiro atoms. The zero-order chi connectivity index (χ0) is 17.5. The van der Waals surface area contributed by atoms with Gasteiger partial charge in [0.2, 0.25) is 9.70 Å². The van der Waals surface area contributed by atoms with Crippen LogP contribution in [0.4, 0.5) is 0 Å². The lowest BCUT2D eigenvalue weighted by Crippen LogP contribution is -2.52. The Morgan fingerprint density at radius 3 is 2.29 bits per heavy atom. The number of hydrogen-bond donors (Lipinski definition) is 0. The van der Waals surface area contributed by atoms with Crippen molar-refractivity contribution in [1.29, 1.82) is 0 Å². The van der Waals surface area contributed by atoms with Crippen LogP contribution in [-0.2, 0) is 19.1 Å². The van der Waals surface area contributed by atoms with E-state index in [1.807, 2.05) is 13.1 Å². The molecule has 134 valence electrons. The van der Waals surface area contributed by atoms with Gasteiger partial charge in [-0.15, -0.1) is 0 Å². The number of ether oxygens (including phenoxy) is 2. The highest BCUT2D eigenvalue weighted by Gasteiger charge is 2.55. The van der Waals surface area contributed by atoms with Crippen molar-refractivity contribution in [1.82, 2.24) is 9.80 Å². The van der Waals surface area contributed by atoms with E-state index in [2.05, 4.69) is 4.90 Å². The van der Waals surface area contributed by atoms with E-state index in [9.17, 15) is 9.59 Å². The summed E-state index contributed by atoms with van der Waals surface area (Å²) in [5, 5.41) is 0. The van der Waals surface area contributed by atoms with Gasteiger partial charge in [0, 0.05) is 26.2 Å². The number of hydrogen-bond acceptors (Lipinski definition) is 5. The maximum Gasteiger partial charge on any atom is 0.313 e. The molecule has 0 aromatic heterocycles. The first-order valence-electron chi connectivity index (χ1n) is 7.81. The summed E-state index contributed by atoms with van der Waals surface area (Å²) in [5.74, 6) is -1.91. The minimum Gasteiger partial charge on any atom is -0.461 e. The molecule has 2 saturated heterocycles. The number of piperazine rings is 1. The smallest absolute Gasteiger partial charge is 0.313 e. The van der Waals surface area contributed by atoms with Gasteiger partial charge in [-0.25, -0.2) is 0 Å². The molecule has 9 heteroatoms. The molecule has 0 aromatic carbocycles. The first-order chi connectivity index (χ1) is 11.3. The molecule has 3 rings (SSSR count). The van der Waals surface area contributed by atoms with Crippen LogP contribution in [0.2, 0.25) is 0 Å². The van der Waals surface area contributed by atoms with Crippen LogP contribution in [0, 0.1) is 11.8 Å².